The van der Waals surface area contributed by atoms with Gasteiger partial charge in [0, 0.05) is 13.1 Å². The third-order valence-electron chi connectivity index (χ3n) is 3.60. The number of nitrogens with one attached hydrogen (secondary N) is 1. The van der Waals surface area contributed by atoms with Crippen molar-refractivity contribution in [3.63, 3.8) is 0 Å². The van der Waals surface area contributed by atoms with E-state index >= 15 is 0 Å². The van der Waals surface area contributed by atoms with Gasteiger partial charge >= 0.3 is 6.18 Å². The van der Waals surface area contributed by atoms with Crippen molar-refractivity contribution in [2.24, 2.45) is 0 Å². The number of ether oxygens (including phenoxy) is 1. The van der Waals surface area contributed by atoms with E-state index in [2.05, 4.69) is 20.3 Å². The molecule has 10 heteroatoms. The van der Waals surface area contributed by atoms with Crippen LogP contribution in [0.2, 0.25) is 0 Å². The highest BCUT2D eigenvalue weighted by Crippen LogP contribution is 2.24. The quantitative estimate of drug-likeness (QED) is 0.721. The van der Waals surface area contributed by atoms with E-state index < -0.39 is 12.6 Å². The minimum Gasteiger partial charge on any atom is -0.497 e. The van der Waals surface area contributed by atoms with E-state index in [0.717, 1.165) is 17.0 Å². The van der Waals surface area contributed by atoms with Crippen LogP contribution in [-0.2, 0) is 13.0 Å². The fourth-order valence-electron chi connectivity index (χ4n) is 2.31. The van der Waals surface area contributed by atoms with Crippen molar-refractivity contribution in [2.75, 3.05) is 19.1 Å². The highest BCUT2D eigenvalue weighted by atomic mass is 19.4. The molecule has 3 aromatic rings. The third kappa shape index (κ3) is 4.32. The predicted molar refractivity (Wildman–Crippen MR) is 86.7 cm³/mol. The van der Waals surface area contributed by atoms with Crippen LogP contribution in [-0.4, -0.2) is 40.7 Å². The summed E-state index contributed by atoms with van der Waals surface area (Å²) in [6.45, 7) is 0.137. The second kappa shape index (κ2) is 7.06. The normalized spacial score (nSPS) is 11.6. The number of methoxy groups -OCH3 is 1. The van der Waals surface area contributed by atoms with E-state index in [1.807, 2.05) is 30.3 Å². The molecule has 0 radical (unpaired) electrons. The Morgan fingerprint density at radius 2 is 1.96 bits per heavy atom. The number of alkyl halides is 3. The largest absolute Gasteiger partial charge is 0.497 e. The lowest BCUT2D eigenvalue weighted by molar-refractivity contribution is -0.128. The fraction of sp³-hybridized carbons (Fsp3) is 0.312. The molecule has 0 fully saturated rings. The zero-order valence-corrected chi connectivity index (χ0v) is 14.0. The van der Waals surface area contributed by atoms with E-state index in [9.17, 15) is 13.2 Å². The molecule has 0 saturated carbocycles. The predicted octanol–water partition coefficient (Wildman–Crippen LogP) is 3.21. The summed E-state index contributed by atoms with van der Waals surface area (Å²) in [5, 5.41) is 10.5. The van der Waals surface area contributed by atoms with Crippen molar-refractivity contribution in [1.29, 1.82) is 0 Å². The SMILES string of the molecule is COc1ccc(-c2cc(N(C)Cc3nc(CC(F)(F)F)no3)n[nH]2)cc1. The number of hydrogen-bond acceptors (Lipinski definition) is 6. The average molecular weight is 367 g/mol. The van der Waals surface area contributed by atoms with E-state index in [4.69, 9.17) is 9.26 Å². The molecular formula is C16H16F3N5O2. The Morgan fingerprint density at radius 3 is 2.62 bits per heavy atom. The first-order chi connectivity index (χ1) is 12.3. The highest BCUT2D eigenvalue weighted by Gasteiger charge is 2.30. The molecule has 0 bridgehead atoms. The highest BCUT2D eigenvalue weighted by molar-refractivity contribution is 5.63. The van der Waals surface area contributed by atoms with Crippen molar-refractivity contribution < 1.29 is 22.4 Å². The zero-order chi connectivity index (χ0) is 18.7. The number of aromatic nitrogens is 4. The van der Waals surface area contributed by atoms with Crippen LogP contribution in [0.3, 0.4) is 0 Å². The van der Waals surface area contributed by atoms with Crippen LogP contribution in [0.5, 0.6) is 5.75 Å². The molecule has 3 rings (SSSR count). The van der Waals surface area contributed by atoms with Crippen molar-refractivity contribution in [2.45, 2.75) is 19.1 Å². The first-order valence-electron chi connectivity index (χ1n) is 7.63. The Labute approximate surface area is 146 Å². The van der Waals surface area contributed by atoms with Gasteiger partial charge in [-0.05, 0) is 29.8 Å². The summed E-state index contributed by atoms with van der Waals surface area (Å²) in [5.74, 6) is 1.03. The Balaban J connectivity index is 1.67. The molecule has 0 atom stereocenters. The number of halogens is 3. The van der Waals surface area contributed by atoms with Crippen LogP contribution in [0.4, 0.5) is 19.0 Å². The van der Waals surface area contributed by atoms with E-state index in [1.54, 1.807) is 19.1 Å². The molecule has 7 nitrogen and oxygen atoms in total. The lowest BCUT2D eigenvalue weighted by Gasteiger charge is -2.12. The molecule has 0 aliphatic carbocycles. The minimum atomic E-state index is -4.37. The van der Waals surface area contributed by atoms with Crippen LogP contribution < -0.4 is 9.64 Å². The van der Waals surface area contributed by atoms with Crippen LogP contribution >= 0.6 is 0 Å². The van der Waals surface area contributed by atoms with Gasteiger partial charge in [0.05, 0.1) is 19.3 Å². The number of H-pyrrole nitrogens is 1. The molecule has 26 heavy (non-hydrogen) atoms. The summed E-state index contributed by atoms with van der Waals surface area (Å²) >= 11 is 0. The van der Waals surface area contributed by atoms with Gasteiger partial charge in [0.2, 0.25) is 5.89 Å². The first kappa shape index (κ1) is 17.8. The van der Waals surface area contributed by atoms with Crippen LogP contribution in [0.15, 0.2) is 34.9 Å². The van der Waals surface area contributed by atoms with Gasteiger partial charge in [-0.3, -0.25) is 5.10 Å². The molecule has 0 aliphatic rings. The molecule has 138 valence electrons. The number of nitrogens with zero attached hydrogens (tertiary/aromatic N) is 4. The van der Waals surface area contributed by atoms with Gasteiger partial charge in [-0.15, -0.1) is 0 Å². The smallest absolute Gasteiger partial charge is 0.396 e. The molecule has 1 aromatic carbocycles. The van der Waals surface area contributed by atoms with Gasteiger partial charge in [0.25, 0.3) is 0 Å². The second-order valence-corrected chi connectivity index (χ2v) is 5.62. The van der Waals surface area contributed by atoms with Gasteiger partial charge in [-0.2, -0.15) is 23.3 Å². The van der Waals surface area contributed by atoms with Crippen LogP contribution in [0.25, 0.3) is 11.3 Å². The maximum atomic E-state index is 12.3. The molecule has 0 unspecified atom stereocenters. The summed E-state index contributed by atoms with van der Waals surface area (Å²) in [6, 6.07) is 9.25. The molecule has 0 amide bonds. The van der Waals surface area contributed by atoms with Crippen molar-refractivity contribution in [1.82, 2.24) is 20.3 Å². The van der Waals surface area contributed by atoms with Gasteiger partial charge in [0.1, 0.15) is 12.2 Å². The molecule has 0 saturated heterocycles. The van der Waals surface area contributed by atoms with Crippen molar-refractivity contribution >= 4 is 5.82 Å². The van der Waals surface area contributed by atoms with Crippen LogP contribution in [0.1, 0.15) is 11.7 Å². The maximum Gasteiger partial charge on any atom is 0.396 e. The molecular weight excluding hydrogens is 351 g/mol. The topological polar surface area (TPSA) is 80.1 Å². The van der Waals surface area contributed by atoms with E-state index in [-0.39, 0.29) is 18.3 Å². The van der Waals surface area contributed by atoms with Gasteiger partial charge in [-0.1, -0.05) is 5.16 Å². The van der Waals surface area contributed by atoms with Gasteiger partial charge in [0.15, 0.2) is 11.6 Å². The Bertz CT molecular complexity index is 857. The number of rotatable bonds is 6. The number of anilines is 1. The standard InChI is InChI=1S/C16H16F3N5O2/c1-24(9-15-20-13(23-26-15)8-16(17,18)19)14-7-12(21-22-14)10-3-5-11(25-2)6-4-10/h3-7H,8-9H2,1-2H3,(H,21,22). The number of benzene rings is 1. The summed E-state index contributed by atoms with van der Waals surface area (Å²) < 4.78 is 47.0. The first-order valence-corrected chi connectivity index (χ1v) is 7.63. The lowest BCUT2D eigenvalue weighted by Crippen LogP contribution is -2.17. The van der Waals surface area contributed by atoms with Gasteiger partial charge in [-0.25, -0.2) is 0 Å². The Kier molecular flexibility index (Phi) is 4.83. The summed E-state index contributed by atoms with van der Waals surface area (Å²) in [5.41, 5.74) is 1.71. The fourth-order valence-corrected chi connectivity index (χ4v) is 2.31. The Hall–Kier alpha value is -3.04. The Morgan fingerprint density at radius 1 is 1.23 bits per heavy atom. The number of hydrogen-bond donors (Lipinski definition) is 1. The molecule has 1 N–H and O–H groups in total. The molecule has 0 spiro atoms. The second-order valence-electron chi connectivity index (χ2n) is 5.62. The molecule has 0 aliphatic heterocycles. The monoisotopic (exact) mass is 367 g/mol. The minimum absolute atomic E-state index is 0.0840. The molecule has 2 heterocycles. The third-order valence-corrected chi connectivity index (χ3v) is 3.60. The summed E-state index contributed by atoms with van der Waals surface area (Å²) in [6.07, 6.45) is -5.59. The van der Waals surface area contributed by atoms with E-state index in [1.165, 1.54) is 0 Å². The average Bonchev–Trinajstić information content (AvgIpc) is 3.23. The van der Waals surface area contributed by atoms with E-state index in [0.29, 0.717) is 5.82 Å². The van der Waals surface area contributed by atoms with Gasteiger partial charge < -0.3 is 14.2 Å². The molecule has 2 aromatic heterocycles. The summed E-state index contributed by atoms with van der Waals surface area (Å²) in [7, 11) is 3.32. The van der Waals surface area contributed by atoms with Crippen molar-refractivity contribution in [3.8, 4) is 17.0 Å². The van der Waals surface area contributed by atoms with Crippen LogP contribution in [0, 0.1) is 0 Å². The summed E-state index contributed by atoms with van der Waals surface area (Å²) in [4.78, 5) is 5.44. The maximum absolute atomic E-state index is 12.3. The number of aromatic amines is 1. The lowest BCUT2D eigenvalue weighted by atomic mass is 10.1. The zero-order valence-electron chi connectivity index (χ0n) is 14.0. The van der Waals surface area contributed by atoms with Crippen molar-refractivity contribution in [3.05, 3.63) is 42.0 Å².